The molecule has 2 aromatic rings. The number of carbonyl (C=O) groups excluding carboxylic acids is 4. The lowest BCUT2D eigenvalue weighted by Crippen LogP contribution is -2.53. The van der Waals surface area contributed by atoms with E-state index in [2.05, 4.69) is 16.0 Å². The van der Waals surface area contributed by atoms with Gasteiger partial charge in [0, 0.05) is 31.5 Å². The molecule has 2 aromatic carbocycles. The van der Waals surface area contributed by atoms with E-state index in [1.54, 1.807) is 13.0 Å². The Bertz CT molecular complexity index is 1690. The predicted molar refractivity (Wildman–Crippen MR) is 174 cm³/mol. The molecule has 0 radical (unpaired) electrons. The summed E-state index contributed by atoms with van der Waals surface area (Å²) in [6.45, 7) is 1.53. The van der Waals surface area contributed by atoms with Crippen LogP contribution < -0.4 is 16.0 Å². The summed E-state index contributed by atoms with van der Waals surface area (Å²) < 4.78 is 69.7. The van der Waals surface area contributed by atoms with Gasteiger partial charge in [0.2, 0.25) is 17.7 Å². The topological polar surface area (TPSA) is 166 Å². The molecular formula is C34H40F3N5O6S. The Morgan fingerprint density at radius 2 is 1.67 bits per heavy atom. The second-order valence-corrected chi connectivity index (χ2v) is 14.7. The van der Waals surface area contributed by atoms with Crippen molar-refractivity contribution < 1.29 is 40.8 Å². The molecule has 264 valence electrons. The van der Waals surface area contributed by atoms with Crippen molar-refractivity contribution in [3.63, 3.8) is 0 Å². The number of rotatable bonds is 11. The quantitative estimate of drug-likeness (QED) is 0.301. The van der Waals surface area contributed by atoms with E-state index in [9.17, 15) is 27.6 Å². The van der Waals surface area contributed by atoms with Crippen molar-refractivity contribution in [2.24, 2.45) is 5.92 Å². The molecule has 2 aliphatic rings. The molecule has 2 fully saturated rings. The van der Waals surface area contributed by atoms with Gasteiger partial charge in [0.15, 0.2) is 9.84 Å². The van der Waals surface area contributed by atoms with E-state index < -0.39 is 68.8 Å². The SMILES string of the molecule is CCC(=O)N[C@H](Cc1ccc(NC(=O)[C@@H](NC(=O)C(F)(F)c2cccc(C#N)c2)C2CCCCCC2)c(F)c1)C(=O)N1CCS(=O)(=O)CC1. The van der Waals surface area contributed by atoms with Crippen molar-refractivity contribution in [1.29, 1.82) is 5.26 Å². The first-order chi connectivity index (χ1) is 23.2. The maximum atomic E-state index is 15.4. The molecule has 1 aliphatic heterocycles. The van der Waals surface area contributed by atoms with Crippen molar-refractivity contribution >= 4 is 39.2 Å². The Labute approximate surface area is 283 Å². The molecule has 0 spiro atoms. The number of amides is 4. The zero-order chi connectivity index (χ0) is 35.8. The van der Waals surface area contributed by atoms with E-state index in [1.165, 1.54) is 29.2 Å². The lowest BCUT2D eigenvalue weighted by Gasteiger charge is -2.30. The maximum Gasteiger partial charge on any atom is 0.349 e. The fourth-order valence-electron chi connectivity index (χ4n) is 6.07. The molecule has 2 atom stereocenters. The van der Waals surface area contributed by atoms with Gasteiger partial charge < -0.3 is 20.9 Å². The number of sulfone groups is 1. The van der Waals surface area contributed by atoms with Crippen molar-refractivity contribution in [3.05, 3.63) is 65.0 Å². The highest BCUT2D eigenvalue weighted by Gasteiger charge is 2.44. The molecule has 4 rings (SSSR count). The second kappa shape index (κ2) is 16.3. The van der Waals surface area contributed by atoms with Crippen LogP contribution in [0.15, 0.2) is 42.5 Å². The Kier molecular flexibility index (Phi) is 12.4. The molecule has 4 amide bonds. The molecule has 1 heterocycles. The lowest BCUT2D eigenvalue weighted by molar-refractivity contribution is -0.149. The number of nitrogens with zero attached hydrogens (tertiary/aromatic N) is 2. The van der Waals surface area contributed by atoms with Crippen molar-refractivity contribution in [1.82, 2.24) is 15.5 Å². The van der Waals surface area contributed by atoms with Crippen molar-refractivity contribution in [2.75, 3.05) is 29.9 Å². The fraction of sp³-hybridized carbons (Fsp3) is 0.500. The Morgan fingerprint density at radius 1 is 1.00 bits per heavy atom. The predicted octanol–water partition coefficient (Wildman–Crippen LogP) is 3.58. The molecule has 3 N–H and O–H groups in total. The molecule has 0 aromatic heterocycles. The van der Waals surface area contributed by atoms with Gasteiger partial charge in [-0.3, -0.25) is 19.2 Å². The van der Waals surface area contributed by atoms with E-state index in [4.69, 9.17) is 5.26 Å². The molecule has 11 nitrogen and oxygen atoms in total. The normalized spacial score (nSPS) is 17.9. The summed E-state index contributed by atoms with van der Waals surface area (Å²) in [7, 11) is -3.26. The minimum atomic E-state index is -4.06. The summed E-state index contributed by atoms with van der Waals surface area (Å²) in [4.78, 5) is 53.4. The molecular weight excluding hydrogens is 663 g/mol. The molecule has 0 bridgehead atoms. The van der Waals surface area contributed by atoms with E-state index >= 15 is 13.2 Å². The van der Waals surface area contributed by atoms with Gasteiger partial charge >= 0.3 is 5.92 Å². The first-order valence-corrected chi connectivity index (χ1v) is 18.1. The number of nitrogens with one attached hydrogen (secondary N) is 3. The van der Waals surface area contributed by atoms with Crippen molar-refractivity contribution in [3.8, 4) is 6.07 Å². The van der Waals surface area contributed by atoms with Crippen LogP contribution in [-0.4, -0.2) is 73.6 Å². The first kappa shape index (κ1) is 37.4. The summed E-state index contributed by atoms with van der Waals surface area (Å²) in [5, 5.41) is 16.4. The third-order valence-electron chi connectivity index (χ3n) is 8.92. The highest BCUT2D eigenvalue weighted by Crippen LogP contribution is 2.31. The van der Waals surface area contributed by atoms with Crippen LogP contribution in [0.2, 0.25) is 0 Å². The minimum Gasteiger partial charge on any atom is -0.344 e. The minimum absolute atomic E-state index is 0.0319. The van der Waals surface area contributed by atoms with Gasteiger partial charge in [0.05, 0.1) is 28.8 Å². The van der Waals surface area contributed by atoms with E-state index in [0.717, 1.165) is 43.9 Å². The molecule has 1 aliphatic carbocycles. The number of alkyl halides is 2. The number of hydrogen-bond acceptors (Lipinski definition) is 7. The largest absolute Gasteiger partial charge is 0.349 e. The number of halogens is 3. The van der Waals surface area contributed by atoms with Crippen LogP contribution in [-0.2, 0) is 41.4 Å². The van der Waals surface area contributed by atoms with Crippen LogP contribution in [0.25, 0.3) is 0 Å². The molecule has 1 saturated heterocycles. The van der Waals surface area contributed by atoms with Crippen LogP contribution in [0.3, 0.4) is 0 Å². The van der Waals surface area contributed by atoms with Crippen LogP contribution in [0.4, 0.5) is 18.9 Å². The zero-order valence-corrected chi connectivity index (χ0v) is 28.0. The van der Waals surface area contributed by atoms with Gasteiger partial charge in [-0.25, -0.2) is 12.8 Å². The van der Waals surface area contributed by atoms with Gasteiger partial charge in [-0.15, -0.1) is 0 Å². The van der Waals surface area contributed by atoms with E-state index in [-0.39, 0.29) is 48.7 Å². The average molecular weight is 704 g/mol. The number of anilines is 1. The van der Waals surface area contributed by atoms with Gasteiger partial charge in [-0.05, 0) is 48.6 Å². The smallest absolute Gasteiger partial charge is 0.344 e. The summed E-state index contributed by atoms with van der Waals surface area (Å²) >= 11 is 0. The van der Waals surface area contributed by atoms with Crippen LogP contribution >= 0.6 is 0 Å². The Morgan fingerprint density at radius 3 is 2.29 bits per heavy atom. The maximum absolute atomic E-state index is 15.4. The Hall–Kier alpha value is -4.45. The highest BCUT2D eigenvalue weighted by molar-refractivity contribution is 7.91. The number of hydrogen-bond donors (Lipinski definition) is 3. The van der Waals surface area contributed by atoms with Gasteiger partial charge in [-0.2, -0.15) is 14.0 Å². The Balaban J connectivity index is 1.52. The third-order valence-corrected chi connectivity index (χ3v) is 10.5. The highest BCUT2D eigenvalue weighted by atomic mass is 32.2. The monoisotopic (exact) mass is 703 g/mol. The lowest BCUT2D eigenvalue weighted by atomic mass is 9.90. The molecule has 15 heteroatoms. The summed E-state index contributed by atoms with van der Waals surface area (Å²) in [5.74, 6) is -9.39. The average Bonchev–Trinajstić information content (AvgIpc) is 3.37. The fourth-order valence-corrected chi connectivity index (χ4v) is 7.27. The van der Waals surface area contributed by atoms with Gasteiger partial charge in [0.25, 0.3) is 5.91 Å². The number of nitriles is 1. The van der Waals surface area contributed by atoms with E-state index in [1.807, 2.05) is 0 Å². The number of carbonyl (C=O) groups is 4. The van der Waals surface area contributed by atoms with Crippen LogP contribution in [0.1, 0.15) is 68.6 Å². The van der Waals surface area contributed by atoms with E-state index in [0.29, 0.717) is 18.4 Å². The first-order valence-electron chi connectivity index (χ1n) is 16.3. The molecule has 49 heavy (non-hydrogen) atoms. The molecule has 1 saturated carbocycles. The van der Waals surface area contributed by atoms with Gasteiger partial charge in [0.1, 0.15) is 17.9 Å². The van der Waals surface area contributed by atoms with Gasteiger partial charge in [-0.1, -0.05) is 50.8 Å². The molecule has 0 unspecified atom stereocenters. The summed E-state index contributed by atoms with van der Waals surface area (Å²) in [5.41, 5.74) is -0.755. The number of benzene rings is 2. The third kappa shape index (κ3) is 9.81. The summed E-state index contributed by atoms with van der Waals surface area (Å²) in [6.07, 6.45) is 4.12. The summed E-state index contributed by atoms with van der Waals surface area (Å²) in [6, 6.07) is 7.47. The van der Waals surface area contributed by atoms with Crippen molar-refractivity contribution in [2.45, 2.75) is 76.3 Å². The second-order valence-electron chi connectivity index (χ2n) is 12.4. The van der Waals surface area contributed by atoms with Crippen LogP contribution in [0.5, 0.6) is 0 Å². The standard InChI is InChI=1S/C34H40F3N5O6S/c1-2-29(43)39-28(32(45)42-14-16-49(47,48)17-15-42)20-22-12-13-27(26(35)19-22)40-31(44)30(24-9-5-3-4-6-10-24)41-33(46)34(36,37)25-11-7-8-23(18-25)21-38/h7-8,11-13,18-19,24,28,30H,2-6,9-10,14-17,20H2,1H3,(H,39,43)(H,40,44)(H,41,46)/t28-,30+/m1/s1. The van der Waals surface area contributed by atoms with Crippen LogP contribution in [0, 0.1) is 23.1 Å². The zero-order valence-electron chi connectivity index (χ0n) is 27.1.